The van der Waals surface area contributed by atoms with Crippen LogP contribution in [0.1, 0.15) is 22.2 Å². The highest BCUT2D eigenvalue weighted by molar-refractivity contribution is 7.09. The van der Waals surface area contributed by atoms with E-state index in [0.29, 0.717) is 5.56 Å². The molecule has 1 unspecified atom stereocenters. The van der Waals surface area contributed by atoms with Crippen LogP contribution in [0.25, 0.3) is 0 Å². The van der Waals surface area contributed by atoms with Gasteiger partial charge in [0.2, 0.25) is 0 Å². The number of carbonyl (C=O) groups excluding carboxylic acids is 1. The topological polar surface area (TPSA) is 33.2 Å². The summed E-state index contributed by atoms with van der Waals surface area (Å²) in [6, 6.07) is 7.23. The predicted octanol–water partition coefficient (Wildman–Crippen LogP) is 4.15. The standard InChI is InChI=1S/C14H14Cl2N2OS/c1-9(6-11-4-3-5-20-11)18(2)14(19)10-7-12(15)17-13(16)8-10/h3-5,7-9H,6H2,1-2H3. The summed E-state index contributed by atoms with van der Waals surface area (Å²) < 4.78 is 0. The molecule has 0 spiro atoms. The minimum absolute atomic E-state index is 0.0897. The van der Waals surface area contributed by atoms with Gasteiger partial charge in [0.1, 0.15) is 10.3 Å². The van der Waals surface area contributed by atoms with Gasteiger partial charge < -0.3 is 4.90 Å². The normalized spacial score (nSPS) is 12.2. The molecule has 0 bridgehead atoms. The summed E-state index contributed by atoms with van der Waals surface area (Å²) in [6.07, 6.45) is 0.826. The summed E-state index contributed by atoms with van der Waals surface area (Å²) >= 11 is 13.3. The van der Waals surface area contributed by atoms with Crippen LogP contribution in [0, 0.1) is 0 Å². The van der Waals surface area contributed by atoms with E-state index in [1.165, 1.54) is 17.0 Å². The van der Waals surface area contributed by atoms with Gasteiger partial charge in [-0.2, -0.15) is 0 Å². The number of nitrogens with zero attached hydrogens (tertiary/aromatic N) is 2. The van der Waals surface area contributed by atoms with Crippen LogP contribution < -0.4 is 0 Å². The molecule has 0 saturated carbocycles. The summed E-state index contributed by atoms with van der Waals surface area (Å²) in [6.45, 7) is 2.02. The molecule has 2 aromatic heterocycles. The first-order valence-electron chi connectivity index (χ1n) is 6.10. The molecular formula is C14H14Cl2N2OS. The van der Waals surface area contributed by atoms with E-state index < -0.39 is 0 Å². The maximum Gasteiger partial charge on any atom is 0.254 e. The number of rotatable bonds is 4. The van der Waals surface area contributed by atoms with Crippen molar-refractivity contribution in [1.29, 1.82) is 0 Å². The molecule has 0 radical (unpaired) electrons. The summed E-state index contributed by atoms with van der Waals surface area (Å²) in [5, 5.41) is 2.48. The Morgan fingerprint density at radius 3 is 2.60 bits per heavy atom. The highest BCUT2D eigenvalue weighted by Gasteiger charge is 2.19. The van der Waals surface area contributed by atoms with Crippen molar-refractivity contribution in [3.05, 3.63) is 50.4 Å². The first-order valence-corrected chi connectivity index (χ1v) is 7.73. The Morgan fingerprint density at radius 1 is 1.40 bits per heavy atom. The minimum Gasteiger partial charge on any atom is -0.339 e. The van der Waals surface area contributed by atoms with Crippen LogP contribution in [0.3, 0.4) is 0 Å². The maximum absolute atomic E-state index is 12.4. The minimum atomic E-state index is -0.111. The van der Waals surface area contributed by atoms with Gasteiger partial charge in [-0.25, -0.2) is 4.98 Å². The van der Waals surface area contributed by atoms with Crippen molar-refractivity contribution in [3.63, 3.8) is 0 Å². The molecule has 0 N–H and O–H groups in total. The quantitative estimate of drug-likeness (QED) is 0.790. The fourth-order valence-corrected chi connectivity index (χ4v) is 3.14. The lowest BCUT2D eigenvalue weighted by molar-refractivity contribution is 0.0744. The van der Waals surface area contributed by atoms with Crippen LogP contribution in [-0.4, -0.2) is 28.9 Å². The van der Waals surface area contributed by atoms with Crippen LogP contribution in [-0.2, 0) is 6.42 Å². The number of pyridine rings is 1. The molecule has 0 saturated heterocycles. The van der Waals surface area contributed by atoms with Crippen LogP contribution in [0.4, 0.5) is 0 Å². The Labute approximate surface area is 132 Å². The van der Waals surface area contributed by atoms with Gasteiger partial charge in [0.25, 0.3) is 5.91 Å². The highest BCUT2D eigenvalue weighted by Crippen LogP contribution is 2.18. The highest BCUT2D eigenvalue weighted by atomic mass is 35.5. The van der Waals surface area contributed by atoms with Gasteiger partial charge in [0.15, 0.2) is 0 Å². The van der Waals surface area contributed by atoms with Crippen molar-refractivity contribution >= 4 is 40.4 Å². The van der Waals surface area contributed by atoms with E-state index in [9.17, 15) is 4.79 Å². The molecule has 0 aliphatic carbocycles. The van der Waals surface area contributed by atoms with Gasteiger partial charge in [-0.15, -0.1) is 11.3 Å². The monoisotopic (exact) mass is 328 g/mol. The molecule has 3 nitrogen and oxygen atoms in total. The van der Waals surface area contributed by atoms with E-state index in [-0.39, 0.29) is 22.3 Å². The first kappa shape index (κ1) is 15.3. The third kappa shape index (κ3) is 3.72. The summed E-state index contributed by atoms with van der Waals surface area (Å²) in [4.78, 5) is 19.2. The lowest BCUT2D eigenvalue weighted by Crippen LogP contribution is -2.36. The fourth-order valence-electron chi connectivity index (χ4n) is 1.85. The number of aromatic nitrogens is 1. The molecular weight excluding hydrogens is 315 g/mol. The van der Waals surface area contributed by atoms with Crippen molar-refractivity contribution in [3.8, 4) is 0 Å². The number of hydrogen-bond donors (Lipinski definition) is 0. The van der Waals surface area contributed by atoms with Gasteiger partial charge in [0.05, 0.1) is 0 Å². The first-order chi connectivity index (χ1) is 9.47. The van der Waals surface area contributed by atoms with Crippen LogP contribution in [0.2, 0.25) is 10.3 Å². The summed E-state index contributed by atoms with van der Waals surface area (Å²) in [7, 11) is 1.78. The second-order valence-corrected chi connectivity index (χ2v) is 6.36. The molecule has 106 valence electrons. The molecule has 0 aromatic carbocycles. The predicted molar refractivity (Wildman–Crippen MR) is 83.8 cm³/mol. The zero-order chi connectivity index (χ0) is 14.7. The van der Waals surface area contributed by atoms with Gasteiger partial charge in [-0.3, -0.25) is 4.79 Å². The van der Waals surface area contributed by atoms with E-state index in [1.54, 1.807) is 23.3 Å². The van der Waals surface area contributed by atoms with Crippen LogP contribution in [0.15, 0.2) is 29.6 Å². The Morgan fingerprint density at radius 2 is 2.05 bits per heavy atom. The largest absolute Gasteiger partial charge is 0.339 e. The molecule has 2 rings (SSSR count). The number of hydrogen-bond acceptors (Lipinski definition) is 3. The number of amides is 1. The molecule has 1 amide bonds. The van der Waals surface area contributed by atoms with Gasteiger partial charge in [-0.1, -0.05) is 29.3 Å². The Balaban J connectivity index is 2.11. The zero-order valence-electron chi connectivity index (χ0n) is 11.1. The number of likely N-dealkylation sites (N-methyl/N-ethyl adjacent to an activating group) is 1. The van der Waals surface area contributed by atoms with Crippen molar-refractivity contribution in [2.45, 2.75) is 19.4 Å². The van der Waals surface area contributed by atoms with Crippen molar-refractivity contribution in [2.75, 3.05) is 7.05 Å². The van der Waals surface area contributed by atoms with E-state index in [2.05, 4.69) is 11.1 Å². The molecule has 1 atom stereocenters. The molecule has 2 heterocycles. The van der Waals surface area contributed by atoms with Gasteiger partial charge in [-0.05, 0) is 30.5 Å². The Bertz CT molecular complexity index is 581. The second kappa shape index (κ2) is 6.57. The number of thiophene rings is 1. The summed E-state index contributed by atoms with van der Waals surface area (Å²) in [5.74, 6) is -0.111. The van der Waals surface area contributed by atoms with Gasteiger partial charge >= 0.3 is 0 Å². The smallest absolute Gasteiger partial charge is 0.254 e. The molecule has 0 aliphatic heterocycles. The van der Waals surface area contributed by atoms with Crippen LogP contribution in [0.5, 0.6) is 0 Å². The average molecular weight is 329 g/mol. The van der Waals surface area contributed by atoms with Crippen molar-refractivity contribution < 1.29 is 4.79 Å². The van der Waals surface area contributed by atoms with E-state index >= 15 is 0 Å². The SMILES string of the molecule is CC(Cc1cccs1)N(C)C(=O)c1cc(Cl)nc(Cl)c1. The lowest BCUT2D eigenvalue weighted by atomic mass is 10.1. The molecule has 0 aliphatic rings. The van der Waals surface area contributed by atoms with E-state index in [1.807, 2.05) is 18.4 Å². The van der Waals surface area contributed by atoms with E-state index in [4.69, 9.17) is 23.2 Å². The number of carbonyl (C=O) groups is 1. The lowest BCUT2D eigenvalue weighted by Gasteiger charge is -2.24. The second-order valence-electron chi connectivity index (χ2n) is 4.55. The Hall–Kier alpha value is -1.10. The fraction of sp³-hybridized carbons (Fsp3) is 0.286. The Kier molecular flexibility index (Phi) is 5.02. The summed E-state index contributed by atoms with van der Waals surface area (Å²) in [5.41, 5.74) is 0.454. The van der Waals surface area contributed by atoms with Crippen LogP contribution >= 0.6 is 34.5 Å². The molecule has 20 heavy (non-hydrogen) atoms. The maximum atomic E-state index is 12.4. The van der Waals surface area contributed by atoms with Gasteiger partial charge in [0, 0.05) is 30.0 Å². The van der Waals surface area contributed by atoms with Crippen molar-refractivity contribution in [1.82, 2.24) is 9.88 Å². The zero-order valence-corrected chi connectivity index (χ0v) is 13.5. The molecule has 0 fully saturated rings. The average Bonchev–Trinajstić information content (AvgIpc) is 2.88. The molecule has 2 aromatic rings. The van der Waals surface area contributed by atoms with Crippen molar-refractivity contribution in [2.24, 2.45) is 0 Å². The molecule has 6 heteroatoms. The number of halogens is 2. The van der Waals surface area contributed by atoms with E-state index in [0.717, 1.165) is 6.42 Å². The third-order valence-electron chi connectivity index (χ3n) is 3.07. The third-order valence-corrected chi connectivity index (χ3v) is 4.35.